The number of carboxylic acid groups (broad SMARTS) is 1. The predicted molar refractivity (Wildman–Crippen MR) is 82.5 cm³/mol. The summed E-state index contributed by atoms with van der Waals surface area (Å²) in [5.74, 6) is -1.99. The second-order valence-electron chi connectivity index (χ2n) is 5.48. The molecule has 0 spiro atoms. The van der Waals surface area contributed by atoms with Crippen molar-refractivity contribution in [3.63, 3.8) is 0 Å². The molecular weight excluding hydrogens is 354 g/mol. The quantitative estimate of drug-likeness (QED) is 0.716. The number of pyridine rings is 1. The highest BCUT2D eigenvalue weighted by Crippen LogP contribution is 2.31. The smallest absolute Gasteiger partial charge is 0.416 e. The summed E-state index contributed by atoms with van der Waals surface area (Å²) in [6.07, 6.45) is -1.96. The van der Waals surface area contributed by atoms with E-state index in [-0.39, 0.29) is 23.5 Å². The van der Waals surface area contributed by atoms with Crippen molar-refractivity contribution in [2.45, 2.75) is 12.6 Å². The van der Waals surface area contributed by atoms with Crippen molar-refractivity contribution in [2.75, 3.05) is 0 Å². The summed E-state index contributed by atoms with van der Waals surface area (Å²) in [6, 6.07) is 6.65. The van der Waals surface area contributed by atoms with E-state index >= 15 is 0 Å². The van der Waals surface area contributed by atoms with E-state index in [1.807, 2.05) is 0 Å². The number of aromatic carboxylic acids is 1. The number of nitrogens with zero attached hydrogens (tertiary/aromatic N) is 3. The van der Waals surface area contributed by atoms with E-state index in [1.165, 1.54) is 24.5 Å². The van der Waals surface area contributed by atoms with Gasteiger partial charge in [-0.15, -0.1) is 0 Å². The van der Waals surface area contributed by atoms with Crippen molar-refractivity contribution in [1.82, 2.24) is 14.8 Å². The third-order valence-electron chi connectivity index (χ3n) is 3.58. The maximum atomic E-state index is 13.5. The molecule has 0 aliphatic heterocycles. The van der Waals surface area contributed by atoms with Crippen LogP contribution in [0.25, 0.3) is 5.82 Å². The van der Waals surface area contributed by atoms with E-state index in [9.17, 15) is 22.4 Å². The Kier molecular flexibility index (Phi) is 4.45. The van der Waals surface area contributed by atoms with Crippen molar-refractivity contribution in [3.8, 4) is 5.82 Å². The highest BCUT2D eigenvalue weighted by atomic mass is 19.4. The van der Waals surface area contributed by atoms with E-state index in [0.717, 1.165) is 16.8 Å². The summed E-state index contributed by atoms with van der Waals surface area (Å²) in [5.41, 5.74) is -0.518. The van der Waals surface area contributed by atoms with Crippen molar-refractivity contribution in [1.29, 1.82) is 0 Å². The first-order chi connectivity index (χ1) is 12.2. The number of rotatable bonds is 4. The molecule has 2 aromatic heterocycles. The Bertz CT molecular complexity index is 967. The van der Waals surface area contributed by atoms with Gasteiger partial charge in [-0.1, -0.05) is 0 Å². The summed E-state index contributed by atoms with van der Waals surface area (Å²) in [6.45, 7) is 0. The molecule has 0 amide bonds. The lowest BCUT2D eigenvalue weighted by Gasteiger charge is -2.10. The van der Waals surface area contributed by atoms with Crippen LogP contribution in [0.2, 0.25) is 0 Å². The topological polar surface area (TPSA) is 68.0 Å². The van der Waals surface area contributed by atoms with Gasteiger partial charge in [-0.3, -0.25) is 0 Å². The maximum Gasteiger partial charge on any atom is 0.416 e. The summed E-state index contributed by atoms with van der Waals surface area (Å²) < 4.78 is 53.0. The Balaban J connectivity index is 1.94. The summed E-state index contributed by atoms with van der Waals surface area (Å²) >= 11 is 0. The van der Waals surface area contributed by atoms with Gasteiger partial charge in [0.1, 0.15) is 5.82 Å². The number of aromatic nitrogens is 3. The molecule has 2 heterocycles. The zero-order valence-electron chi connectivity index (χ0n) is 13.0. The second-order valence-corrected chi connectivity index (χ2v) is 5.48. The van der Waals surface area contributed by atoms with Gasteiger partial charge in [-0.25, -0.2) is 18.9 Å². The lowest BCUT2D eigenvalue weighted by molar-refractivity contribution is -0.137. The molecule has 5 nitrogen and oxygen atoms in total. The zero-order valence-corrected chi connectivity index (χ0v) is 13.0. The molecule has 0 saturated heterocycles. The summed E-state index contributed by atoms with van der Waals surface area (Å²) in [7, 11) is 0. The van der Waals surface area contributed by atoms with Crippen LogP contribution in [0.4, 0.5) is 17.6 Å². The number of halogens is 4. The van der Waals surface area contributed by atoms with Crippen LogP contribution < -0.4 is 0 Å². The molecule has 0 aliphatic carbocycles. The average molecular weight is 365 g/mol. The van der Waals surface area contributed by atoms with Crippen LogP contribution in [0.15, 0.2) is 48.8 Å². The van der Waals surface area contributed by atoms with E-state index in [0.29, 0.717) is 11.6 Å². The normalized spacial score (nSPS) is 11.5. The molecule has 1 aromatic carbocycles. The Labute approximate surface area is 144 Å². The first-order valence-electron chi connectivity index (χ1n) is 7.33. The number of benzene rings is 1. The van der Waals surface area contributed by atoms with Crippen LogP contribution in [0.1, 0.15) is 27.2 Å². The number of hydrogen-bond acceptors (Lipinski definition) is 3. The second kappa shape index (κ2) is 6.58. The molecule has 3 rings (SSSR count). The van der Waals surface area contributed by atoms with Crippen LogP contribution in [0.3, 0.4) is 0 Å². The van der Waals surface area contributed by atoms with Crippen LogP contribution in [-0.2, 0) is 12.6 Å². The minimum Gasteiger partial charge on any atom is -0.477 e. The molecule has 0 bridgehead atoms. The molecule has 26 heavy (non-hydrogen) atoms. The summed E-state index contributed by atoms with van der Waals surface area (Å²) in [5, 5.41) is 13.0. The molecule has 9 heteroatoms. The molecule has 0 fully saturated rings. The van der Waals surface area contributed by atoms with Gasteiger partial charge in [0.25, 0.3) is 0 Å². The molecule has 0 radical (unpaired) electrons. The minimum absolute atomic E-state index is 0.0139. The molecule has 0 unspecified atom stereocenters. The van der Waals surface area contributed by atoms with Crippen LogP contribution >= 0.6 is 0 Å². The fourth-order valence-electron chi connectivity index (χ4n) is 2.49. The third-order valence-corrected chi connectivity index (χ3v) is 3.58. The minimum atomic E-state index is -4.65. The maximum absolute atomic E-state index is 13.5. The zero-order chi connectivity index (χ0) is 18.9. The third kappa shape index (κ3) is 3.71. The molecule has 0 aliphatic rings. The van der Waals surface area contributed by atoms with Crippen molar-refractivity contribution in [3.05, 3.63) is 77.0 Å². The van der Waals surface area contributed by atoms with Gasteiger partial charge in [0.15, 0.2) is 11.5 Å². The fraction of sp³-hybridized carbons (Fsp3) is 0.118. The van der Waals surface area contributed by atoms with Crippen LogP contribution in [-0.4, -0.2) is 25.8 Å². The van der Waals surface area contributed by atoms with Crippen molar-refractivity contribution < 1.29 is 27.5 Å². The van der Waals surface area contributed by atoms with Gasteiger partial charge in [0, 0.05) is 6.20 Å². The first kappa shape index (κ1) is 17.6. The largest absolute Gasteiger partial charge is 0.477 e. The Morgan fingerprint density at radius 3 is 2.54 bits per heavy atom. The van der Waals surface area contributed by atoms with Crippen LogP contribution in [0, 0.1) is 5.82 Å². The predicted octanol–water partition coefficient (Wildman–Crippen LogP) is 3.71. The van der Waals surface area contributed by atoms with Gasteiger partial charge >= 0.3 is 12.1 Å². The van der Waals surface area contributed by atoms with Gasteiger partial charge < -0.3 is 5.11 Å². The molecule has 134 valence electrons. The van der Waals surface area contributed by atoms with E-state index in [2.05, 4.69) is 10.1 Å². The number of carboxylic acids is 1. The fourth-order valence-corrected chi connectivity index (χ4v) is 2.49. The van der Waals surface area contributed by atoms with E-state index in [1.54, 1.807) is 6.07 Å². The number of hydrogen-bond donors (Lipinski definition) is 1. The van der Waals surface area contributed by atoms with Crippen molar-refractivity contribution >= 4 is 5.97 Å². The number of carbonyl (C=O) groups is 1. The Hall–Kier alpha value is -3.23. The Morgan fingerprint density at radius 1 is 1.08 bits per heavy atom. The highest BCUT2D eigenvalue weighted by Gasteiger charge is 2.31. The summed E-state index contributed by atoms with van der Waals surface area (Å²) in [4.78, 5) is 15.2. The monoisotopic (exact) mass is 365 g/mol. The van der Waals surface area contributed by atoms with E-state index in [4.69, 9.17) is 5.11 Å². The lowest BCUT2D eigenvalue weighted by atomic mass is 10.0. The van der Waals surface area contributed by atoms with Gasteiger partial charge in [0.2, 0.25) is 0 Å². The van der Waals surface area contributed by atoms with Gasteiger partial charge in [-0.05, 0) is 53.9 Å². The molecule has 0 atom stereocenters. The molecule has 3 aromatic rings. The van der Waals surface area contributed by atoms with Gasteiger partial charge in [0.05, 0.1) is 11.8 Å². The van der Waals surface area contributed by atoms with Crippen molar-refractivity contribution in [2.24, 2.45) is 0 Å². The lowest BCUT2D eigenvalue weighted by Crippen LogP contribution is -2.10. The Morgan fingerprint density at radius 2 is 1.85 bits per heavy atom. The molecule has 0 saturated carbocycles. The van der Waals surface area contributed by atoms with Crippen LogP contribution in [0.5, 0.6) is 0 Å². The standard InChI is InChI=1S/C17H11F4N3O2/c18-13-7-11(6-12(9-13)17(19,20)21)5-10-1-3-22-15(8-10)24-14(16(25)26)2-4-23-24/h1-4,6-9H,5H2,(H,25,26). The molecule has 1 N–H and O–H groups in total. The SMILES string of the molecule is O=C(O)c1ccnn1-c1cc(Cc2cc(F)cc(C(F)(F)F)c2)ccn1. The average Bonchev–Trinajstić information content (AvgIpc) is 3.03. The van der Waals surface area contributed by atoms with E-state index < -0.39 is 23.5 Å². The number of alkyl halides is 3. The van der Waals surface area contributed by atoms with Gasteiger partial charge in [-0.2, -0.15) is 18.3 Å². The molecular formula is C17H11F4N3O2. The first-order valence-corrected chi connectivity index (χ1v) is 7.33. The highest BCUT2D eigenvalue weighted by molar-refractivity contribution is 5.86.